The molecule has 1 amide bonds. The van der Waals surface area contributed by atoms with Gasteiger partial charge in [-0.15, -0.1) is 11.3 Å². The molecule has 5 rings (SSSR count). The first-order valence-electron chi connectivity index (χ1n) is 9.48. The lowest BCUT2D eigenvalue weighted by Gasteiger charge is -2.31. The molecule has 3 atom stereocenters. The van der Waals surface area contributed by atoms with Crippen molar-refractivity contribution in [1.82, 2.24) is 0 Å². The Labute approximate surface area is 153 Å². The van der Waals surface area contributed by atoms with Crippen LogP contribution >= 0.6 is 11.3 Å². The standard InChI is InChI=1S/C21H24N2OS/c24-21(17-12-14-5-6-15(17)11-14)22-18-3-1-2-4-19(18)23-9-7-20-16(13-23)8-10-25-20/h1-4,8,10,14-15,17H,5-7,9,11-13H2,(H,22,24). The molecule has 130 valence electrons. The largest absolute Gasteiger partial charge is 0.365 e. The lowest BCUT2D eigenvalue weighted by Crippen LogP contribution is -2.32. The summed E-state index contributed by atoms with van der Waals surface area (Å²) in [6.07, 6.45) is 6.05. The number of carbonyl (C=O) groups excluding carboxylic acids is 1. The molecule has 2 saturated carbocycles. The lowest BCUT2D eigenvalue weighted by atomic mass is 9.88. The van der Waals surface area contributed by atoms with Gasteiger partial charge >= 0.3 is 0 Å². The number of hydrogen-bond acceptors (Lipinski definition) is 3. The molecule has 0 spiro atoms. The Morgan fingerprint density at radius 1 is 1.16 bits per heavy atom. The van der Waals surface area contributed by atoms with Crippen LogP contribution in [0, 0.1) is 17.8 Å². The number of nitrogens with zero attached hydrogens (tertiary/aromatic N) is 1. The minimum absolute atomic E-state index is 0.233. The molecule has 2 fully saturated rings. The molecule has 1 N–H and O–H groups in total. The molecule has 2 aliphatic carbocycles. The van der Waals surface area contributed by atoms with E-state index >= 15 is 0 Å². The molecule has 1 aromatic carbocycles. The number of carbonyl (C=O) groups is 1. The molecule has 1 aliphatic heterocycles. The zero-order valence-electron chi connectivity index (χ0n) is 14.4. The van der Waals surface area contributed by atoms with E-state index in [1.165, 1.54) is 29.7 Å². The average Bonchev–Trinajstić information content (AvgIpc) is 3.38. The van der Waals surface area contributed by atoms with E-state index in [2.05, 4.69) is 39.9 Å². The van der Waals surface area contributed by atoms with Crippen LogP contribution in [0.4, 0.5) is 11.4 Å². The Bertz CT molecular complexity index is 799. The second-order valence-electron chi connectivity index (χ2n) is 7.83. The average molecular weight is 353 g/mol. The van der Waals surface area contributed by atoms with Gasteiger partial charge in [0.1, 0.15) is 0 Å². The van der Waals surface area contributed by atoms with Crippen molar-refractivity contribution in [2.45, 2.75) is 38.6 Å². The summed E-state index contributed by atoms with van der Waals surface area (Å²) in [6, 6.07) is 10.5. The monoisotopic (exact) mass is 352 g/mol. The van der Waals surface area contributed by atoms with Crippen molar-refractivity contribution in [2.75, 3.05) is 16.8 Å². The minimum Gasteiger partial charge on any atom is -0.365 e. The Hall–Kier alpha value is -1.81. The van der Waals surface area contributed by atoms with E-state index in [0.717, 1.165) is 43.2 Å². The molecule has 2 heterocycles. The maximum absolute atomic E-state index is 12.9. The molecule has 2 aromatic rings. The minimum atomic E-state index is 0.233. The van der Waals surface area contributed by atoms with E-state index in [1.54, 1.807) is 0 Å². The normalized spacial score (nSPS) is 27.4. The van der Waals surface area contributed by atoms with E-state index in [1.807, 2.05) is 17.4 Å². The fourth-order valence-electron chi connectivity index (χ4n) is 5.10. The topological polar surface area (TPSA) is 32.3 Å². The first-order valence-corrected chi connectivity index (χ1v) is 10.4. The molecule has 3 unspecified atom stereocenters. The number of fused-ring (bicyclic) bond motifs is 3. The Morgan fingerprint density at radius 2 is 2.08 bits per heavy atom. The zero-order chi connectivity index (χ0) is 16.8. The lowest BCUT2D eigenvalue weighted by molar-refractivity contribution is -0.121. The van der Waals surface area contributed by atoms with Crippen molar-refractivity contribution in [3.8, 4) is 0 Å². The Balaban J connectivity index is 1.35. The predicted molar refractivity (Wildman–Crippen MR) is 103 cm³/mol. The first-order chi connectivity index (χ1) is 12.3. The van der Waals surface area contributed by atoms with Gasteiger partial charge in [0.15, 0.2) is 0 Å². The third kappa shape index (κ3) is 2.77. The zero-order valence-corrected chi connectivity index (χ0v) is 15.2. The number of para-hydroxylation sites is 2. The highest BCUT2D eigenvalue weighted by atomic mass is 32.1. The van der Waals surface area contributed by atoms with E-state index in [-0.39, 0.29) is 11.8 Å². The first kappa shape index (κ1) is 15.4. The van der Waals surface area contributed by atoms with Gasteiger partial charge in [0.25, 0.3) is 0 Å². The molecular formula is C21H24N2OS. The van der Waals surface area contributed by atoms with Crippen LogP contribution in [0.25, 0.3) is 0 Å². The highest BCUT2D eigenvalue weighted by molar-refractivity contribution is 7.10. The van der Waals surface area contributed by atoms with Crippen LogP contribution in [0.15, 0.2) is 35.7 Å². The molecule has 3 nitrogen and oxygen atoms in total. The van der Waals surface area contributed by atoms with Crippen molar-refractivity contribution in [3.05, 3.63) is 46.2 Å². The van der Waals surface area contributed by atoms with E-state index in [4.69, 9.17) is 0 Å². The maximum atomic E-state index is 12.9. The van der Waals surface area contributed by atoms with E-state index in [0.29, 0.717) is 5.92 Å². The molecule has 4 heteroatoms. The van der Waals surface area contributed by atoms with Gasteiger partial charge in [0.05, 0.1) is 11.4 Å². The van der Waals surface area contributed by atoms with Crippen molar-refractivity contribution in [1.29, 1.82) is 0 Å². The maximum Gasteiger partial charge on any atom is 0.227 e. The van der Waals surface area contributed by atoms with Gasteiger partial charge in [-0.3, -0.25) is 4.79 Å². The summed E-state index contributed by atoms with van der Waals surface area (Å²) in [5.74, 6) is 1.90. The molecular weight excluding hydrogens is 328 g/mol. The van der Waals surface area contributed by atoms with Crippen molar-refractivity contribution >= 4 is 28.6 Å². The van der Waals surface area contributed by atoms with Crippen molar-refractivity contribution < 1.29 is 4.79 Å². The van der Waals surface area contributed by atoms with Gasteiger partial charge in [-0.05, 0) is 66.7 Å². The van der Waals surface area contributed by atoms with Crippen LogP contribution in [0.3, 0.4) is 0 Å². The number of thiophene rings is 1. The second-order valence-corrected chi connectivity index (χ2v) is 8.83. The summed E-state index contributed by atoms with van der Waals surface area (Å²) in [5, 5.41) is 5.47. The molecule has 0 radical (unpaired) electrons. The summed E-state index contributed by atoms with van der Waals surface area (Å²) in [4.78, 5) is 16.8. The quantitative estimate of drug-likeness (QED) is 0.869. The van der Waals surface area contributed by atoms with Gasteiger partial charge in [-0.1, -0.05) is 18.6 Å². The third-order valence-electron chi connectivity index (χ3n) is 6.39. The number of hydrogen-bond donors (Lipinski definition) is 1. The summed E-state index contributed by atoms with van der Waals surface area (Å²) < 4.78 is 0. The Morgan fingerprint density at radius 3 is 2.92 bits per heavy atom. The molecule has 3 aliphatic rings. The molecule has 0 saturated heterocycles. The molecule has 2 bridgehead atoms. The number of rotatable bonds is 3. The smallest absolute Gasteiger partial charge is 0.227 e. The fraction of sp³-hybridized carbons (Fsp3) is 0.476. The predicted octanol–water partition coefficient (Wildman–Crippen LogP) is 4.69. The second kappa shape index (κ2) is 6.17. The highest BCUT2D eigenvalue weighted by Crippen LogP contribution is 2.48. The number of amides is 1. The van der Waals surface area contributed by atoms with Crippen LogP contribution in [0.2, 0.25) is 0 Å². The van der Waals surface area contributed by atoms with Crippen LogP contribution in [-0.2, 0) is 17.8 Å². The van der Waals surface area contributed by atoms with Gasteiger partial charge in [0.2, 0.25) is 5.91 Å². The van der Waals surface area contributed by atoms with Crippen LogP contribution in [0.1, 0.15) is 36.1 Å². The van der Waals surface area contributed by atoms with E-state index in [9.17, 15) is 4.79 Å². The fourth-order valence-corrected chi connectivity index (χ4v) is 5.99. The highest BCUT2D eigenvalue weighted by Gasteiger charge is 2.43. The summed E-state index contributed by atoms with van der Waals surface area (Å²) in [6.45, 7) is 1.97. The van der Waals surface area contributed by atoms with Crippen molar-refractivity contribution in [2.24, 2.45) is 17.8 Å². The summed E-state index contributed by atoms with van der Waals surface area (Å²) >= 11 is 1.86. The summed E-state index contributed by atoms with van der Waals surface area (Å²) in [7, 11) is 0. The van der Waals surface area contributed by atoms with Crippen LogP contribution < -0.4 is 10.2 Å². The SMILES string of the molecule is O=C(Nc1ccccc1N1CCc2sccc2C1)C1CC2CCC1C2. The van der Waals surface area contributed by atoms with Gasteiger partial charge in [0, 0.05) is 23.9 Å². The van der Waals surface area contributed by atoms with Crippen molar-refractivity contribution in [3.63, 3.8) is 0 Å². The van der Waals surface area contributed by atoms with E-state index < -0.39 is 0 Å². The number of nitrogens with one attached hydrogen (secondary N) is 1. The van der Waals surface area contributed by atoms with Gasteiger partial charge in [-0.2, -0.15) is 0 Å². The van der Waals surface area contributed by atoms with Crippen LogP contribution in [-0.4, -0.2) is 12.5 Å². The number of anilines is 2. The number of benzene rings is 1. The summed E-state index contributed by atoms with van der Waals surface area (Å²) in [5.41, 5.74) is 3.58. The van der Waals surface area contributed by atoms with Crippen LogP contribution in [0.5, 0.6) is 0 Å². The van der Waals surface area contributed by atoms with Gasteiger partial charge in [-0.25, -0.2) is 0 Å². The van der Waals surface area contributed by atoms with Gasteiger partial charge < -0.3 is 10.2 Å². The Kier molecular flexibility index (Phi) is 3.81. The molecule has 25 heavy (non-hydrogen) atoms. The third-order valence-corrected chi connectivity index (χ3v) is 7.41. The molecule has 1 aromatic heterocycles.